The summed E-state index contributed by atoms with van der Waals surface area (Å²) in [5, 5.41) is 0. The van der Waals surface area contributed by atoms with Crippen LogP contribution in [0.15, 0.2) is 34.9 Å². The number of fused-ring (bicyclic) bond motifs is 1. The monoisotopic (exact) mass is 347 g/mol. The lowest BCUT2D eigenvalue weighted by Gasteiger charge is -2.33. The second-order valence-electron chi connectivity index (χ2n) is 4.95. The van der Waals surface area contributed by atoms with Gasteiger partial charge in [-0.05, 0) is 38.1 Å². The summed E-state index contributed by atoms with van der Waals surface area (Å²) in [7, 11) is 0. The molecule has 1 aliphatic rings. The Bertz CT molecular complexity index is 705. The van der Waals surface area contributed by atoms with E-state index in [1.807, 2.05) is 25.1 Å². The van der Waals surface area contributed by atoms with Crippen LogP contribution in [0.25, 0.3) is 0 Å². The van der Waals surface area contributed by atoms with Crippen molar-refractivity contribution in [2.24, 2.45) is 0 Å². The third kappa shape index (κ3) is 2.76. The molecule has 0 saturated heterocycles. The summed E-state index contributed by atoms with van der Waals surface area (Å²) in [6.07, 6.45) is 1.53. The average molecular weight is 348 g/mol. The molecule has 0 spiro atoms. The smallest absolute Gasteiger partial charge is 0.277 e. The first-order valence-corrected chi connectivity index (χ1v) is 7.41. The molecule has 5 nitrogen and oxygen atoms in total. The molecule has 0 unspecified atom stereocenters. The minimum absolute atomic E-state index is 0.0643. The Morgan fingerprint density at radius 2 is 2.24 bits per heavy atom. The van der Waals surface area contributed by atoms with E-state index in [2.05, 4.69) is 25.9 Å². The lowest BCUT2D eigenvalue weighted by atomic mass is 10.2. The number of anilines is 1. The first-order valence-electron chi connectivity index (χ1n) is 6.62. The summed E-state index contributed by atoms with van der Waals surface area (Å²) in [5.41, 5.74) is 1.14. The van der Waals surface area contributed by atoms with Gasteiger partial charge in [0.2, 0.25) is 0 Å². The van der Waals surface area contributed by atoms with Crippen LogP contribution in [0.5, 0.6) is 5.75 Å². The fraction of sp³-hybridized carbons (Fsp3) is 0.267. The summed E-state index contributed by atoms with van der Waals surface area (Å²) in [6.45, 7) is 4.20. The molecule has 0 N–H and O–H groups in total. The number of aromatic nitrogens is 2. The van der Waals surface area contributed by atoms with Gasteiger partial charge in [0.05, 0.1) is 12.2 Å². The van der Waals surface area contributed by atoms with E-state index in [1.54, 1.807) is 24.1 Å². The van der Waals surface area contributed by atoms with E-state index < -0.39 is 0 Å². The Morgan fingerprint density at radius 3 is 3.00 bits per heavy atom. The van der Waals surface area contributed by atoms with Crippen molar-refractivity contribution in [1.29, 1.82) is 0 Å². The van der Waals surface area contributed by atoms with E-state index >= 15 is 0 Å². The highest BCUT2D eigenvalue weighted by molar-refractivity contribution is 9.10. The number of amides is 1. The second-order valence-corrected chi connectivity index (χ2v) is 5.86. The quantitative estimate of drug-likeness (QED) is 0.795. The molecule has 6 heteroatoms. The van der Waals surface area contributed by atoms with E-state index in [-0.39, 0.29) is 12.0 Å². The summed E-state index contributed by atoms with van der Waals surface area (Å²) < 4.78 is 6.68. The maximum atomic E-state index is 12.7. The number of carbonyl (C=O) groups is 1. The summed E-state index contributed by atoms with van der Waals surface area (Å²) in [4.78, 5) is 22.7. The van der Waals surface area contributed by atoms with Crippen molar-refractivity contribution in [2.75, 3.05) is 11.4 Å². The van der Waals surface area contributed by atoms with Crippen LogP contribution < -0.4 is 9.64 Å². The molecule has 0 bridgehead atoms. The number of ether oxygens (including phenoxy) is 1. The molecular weight excluding hydrogens is 334 g/mol. The van der Waals surface area contributed by atoms with Gasteiger partial charge in [0.15, 0.2) is 0 Å². The zero-order chi connectivity index (χ0) is 15.0. The van der Waals surface area contributed by atoms with Gasteiger partial charge in [-0.2, -0.15) is 0 Å². The van der Waals surface area contributed by atoms with Gasteiger partial charge >= 0.3 is 0 Å². The number of carbonyl (C=O) groups excluding carboxylic acids is 1. The van der Waals surface area contributed by atoms with Crippen LogP contribution in [-0.2, 0) is 0 Å². The van der Waals surface area contributed by atoms with E-state index in [0.29, 0.717) is 23.8 Å². The molecule has 0 saturated carbocycles. The zero-order valence-electron chi connectivity index (χ0n) is 11.7. The fourth-order valence-electron chi connectivity index (χ4n) is 2.32. The van der Waals surface area contributed by atoms with Crippen molar-refractivity contribution >= 4 is 27.5 Å². The predicted octanol–water partition coefficient (Wildman–Crippen LogP) is 2.98. The van der Waals surface area contributed by atoms with Crippen molar-refractivity contribution in [3.63, 3.8) is 0 Å². The van der Waals surface area contributed by atoms with E-state index in [4.69, 9.17) is 4.74 Å². The third-order valence-corrected chi connectivity index (χ3v) is 3.71. The molecule has 0 aliphatic carbocycles. The van der Waals surface area contributed by atoms with Gasteiger partial charge in [-0.1, -0.05) is 15.9 Å². The highest BCUT2D eigenvalue weighted by Crippen LogP contribution is 2.36. The van der Waals surface area contributed by atoms with Crippen LogP contribution in [-0.4, -0.2) is 28.5 Å². The minimum Gasteiger partial charge on any atom is -0.487 e. The van der Waals surface area contributed by atoms with Crippen molar-refractivity contribution in [3.05, 3.63) is 46.5 Å². The number of hydrogen-bond donors (Lipinski definition) is 0. The van der Waals surface area contributed by atoms with Crippen LogP contribution in [0.1, 0.15) is 23.2 Å². The van der Waals surface area contributed by atoms with Crippen molar-refractivity contribution in [1.82, 2.24) is 9.97 Å². The molecule has 108 valence electrons. The molecule has 1 aromatic carbocycles. The Morgan fingerprint density at radius 1 is 1.43 bits per heavy atom. The number of halogens is 1. The SMILES string of the molecule is Cc1nccc(C(=O)N2C[C@H](C)Oc3ccc(Br)cc32)n1. The molecule has 0 radical (unpaired) electrons. The average Bonchev–Trinajstić information content (AvgIpc) is 2.46. The van der Waals surface area contributed by atoms with Crippen LogP contribution >= 0.6 is 15.9 Å². The van der Waals surface area contributed by atoms with Crippen molar-refractivity contribution < 1.29 is 9.53 Å². The third-order valence-electron chi connectivity index (χ3n) is 3.22. The van der Waals surface area contributed by atoms with Gasteiger partial charge in [-0.15, -0.1) is 0 Å². The zero-order valence-corrected chi connectivity index (χ0v) is 13.3. The standard InChI is InChI=1S/C15H14BrN3O2/c1-9-8-19(13-7-11(16)3-4-14(13)21-9)15(20)12-5-6-17-10(2)18-12/h3-7,9H,8H2,1-2H3/t9-/m0/s1. The normalized spacial score (nSPS) is 17.1. The van der Waals surface area contributed by atoms with Gasteiger partial charge < -0.3 is 4.74 Å². The van der Waals surface area contributed by atoms with Crippen molar-refractivity contribution in [3.8, 4) is 5.75 Å². The highest BCUT2D eigenvalue weighted by Gasteiger charge is 2.29. The highest BCUT2D eigenvalue weighted by atomic mass is 79.9. The molecule has 2 heterocycles. The summed E-state index contributed by atoms with van der Waals surface area (Å²) in [5.74, 6) is 1.14. The van der Waals surface area contributed by atoms with Gasteiger partial charge in [0.25, 0.3) is 5.91 Å². The first kappa shape index (κ1) is 14.0. The van der Waals surface area contributed by atoms with E-state index in [1.165, 1.54) is 0 Å². The first-order chi connectivity index (χ1) is 10.0. The van der Waals surface area contributed by atoms with Gasteiger partial charge in [-0.3, -0.25) is 9.69 Å². The fourth-order valence-corrected chi connectivity index (χ4v) is 2.67. The molecule has 1 aliphatic heterocycles. The van der Waals surface area contributed by atoms with Gasteiger partial charge in [-0.25, -0.2) is 9.97 Å². The molecule has 2 aromatic rings. The largest absolute Gasteiger partial charge is 0.487 e. The topological polar surface area (TPSA) is 55.3 Å². The Balaban J connectivity index is 2.02. The number of nitrogens with zero attached hydrogens (tertiary/aromatic N) is 3. The maximum Gasteiger partial charge on any atom is 0.277 e. The van der Waals surface area contributed by atoms with Gasteiger partial charge in [0, 0.05) is 10.7 Å². The molecule has 21 heavy (non-hydrogen) atoms. The van der Waals surface area contributed by atoms with E-state index in [9.17, 15) is 4.79 Å². The Hall–Kier alpha value is -1.95. The summed E-state index contributed by atoms with van der Waals surface area (Å²) in [6, 6.07) is 7.27. The summed E-state index contributed by atoms with van der Waals surface area (Å²) >= 11 is 3.43. The predicted molar refractivity (Wildman–Crippen MR) is 82.7 cm³/mol. The lowest BCUT2D eigenvalue weighted by Crippen LogP contribution is -2.42. The van der Waals surface area contributed by atoms with Gasteiger partial charge in [0.1, 0.15) is 23.4 Å². The Labute approximate surface area is 131 Å². The number of rotatable bonds is 1. The molecule has 3 rings (SSSR count). The maximum absolute atomic E-state index is 12.7. The number of benzene rings is 1. The molecule has 1 aromatic heterocycles. The van der Waals surface area contributed by atoms with Crippen LogP contribution in [0, 0.1) is 6.92 Å². The van der Waals surface area contributed by atoms with Crippen LogP contribution in [0.4, 0.5) is 5.69 Å². The minimum atomic E-state index is -0.144. The Kier molecular flexibility index (Phi) is 3.63. The van der Waals surface area contributed by atoms with E-state index in [0.717, 1.165) is 10.2 Å². The van der Waals surface area contributed by atoms with Crippen LogP contribution in [0.3, 0.4) is 0 Å². The number of hydrogen-bond acceptors (Lipinski definition) is 4. The number of aryl methyl sites for hydroxylation is 1. The molecule has 1 atom stereocenters. The van der Waals surface area contributed by atoms with Crippen LogP contribution in [0.2, 0.25) is 0 Å². The second kappa shape index (κ2) is 5.44. The molecular formula is C15H14BrN3O2. The molecule has 0 fully saturated rings. The van der Waals surface area contributed by atoms with Crippen molar-refractivity contribution in [2.45, 2.75) is 20.0 Å². The lowest BCUT2D eigenvalue weighted by molar-refractivity contribution is 0.0956. The molecule has 1 amide bonds.